The zero-order chi connectivity index (χ0) is 14.0. The number of hydrogen-bond acceptors (Lipinski definition) is 3. The predicted molar refractivity (Wildman–Crippen MR) is 60.4 cm³/mol. The summed E-state index contributed by atoms with van der Waals surface area (Å²) in [5, 5.41) is 3.20. The van der Waals surface area contributed by atoms with Crippen LogP contribution in [0.3, 0.4) is 0 Å². The fraction of sp³-hybridized carbons (Fsp3) is 0.909. The van der Waals surface area contributed by atoms with Crippen LogP contribution in [0.1, 0.15) is 6.42 Å². The average Bonchev–Trinajstić information content (AvgIpc) is 2.91. The average molecular weight is 283 g/mol. The van der Waals surface area contributed by atoms with Crippen LogP contribution in [-0.4, -0.2) is 73.4 Å². The van der Waals surface area contributed by atoms with E-state index in [1.165, 1.54) is 0 Å². The SMILES string of the molecule is O=C(N1CCN(C2CCNC2)CC1)C(F)(F)C(F)F. The fourth-order valence-corrected chi connectivity index (χ4v) is 2.55. The number of carbonyl (C=O) groups is 1. The third kappa shape index (κ3) is 3.00. The van der Waals surface area contributed by atoms with Crippen LogP contribution in [0.15, 0.2) is 0 Å². The van der Waals surface area contributed by atoms with E-state index in [1.807, 2.05) is 0 Å². The second kappa shape index (κ2) is 5.62. The summed E-state index contributed by atoms with van der Waals surface area (Å²) in [4.78, 5) is 14.3. The highest BCUT2D eigenvalue weighted by molar-refractivity contribution is 5.84. The third-order valence-corrected chi connectivity index (χ3v) is 3.71. The molecule has 0 aromatic carbocycles. The molecule has 110 valence electrons. The first-order valence-electron chi connectivity index (χ1n) is 6.33. The molecule has 0 saturated carbocycles. The van der Waals surface area contributed by atoms with E-state index in [2.05, 4.69) is 10.2 Å². The Balaban J connectivity index is 1.87. The van der Waals surface area contributed by atoms with E-state index in [1.54, 1.807) is 0 Å². The zero-order valence-electron chi connectivity index (χ0n) is 10.4. The minimum atomic E-state index is -4.57. The highest BCUT2D eigenvalue weighted by atomic mass is 19.3. The van der Waals surface area contributed by atoms with Crippen LogP contribution in [-0.2, 0) is 4.79 Å². The molecule has 4 nitrogen and oxygen atoms in total. The normalized spacial score (nSPS) is 26.2. The van der Waals surface area contributed by atoms with Gasteiger partial charge in [-0.2, -0.15) is 8.78 Å². The molecule has 1 unspecified atom stereocenters. The van der Waals surface area contributed by atoms with Crippen molar-refractivity contribution in [3.8, 4) is 0 Å². The number of nitrogens with one attached hydrogen (secondary N) is 1. The highest BCUT2D eigenvalue weighted by Crippen LogP contribution is 2.26. The lowest BCUT2D eigenvalue weighted by Crippen LogP contribution is -2.57. The van der Waals surface area contributed by atoms with Crippen LogP contribution in [0.5, 0.6) is 0 Å². The van der Waals surface area contributed by atoms with Crippen LogP contribution < -0.4 is 5.32 Å². The van der Waals surface area contributed by atoms with Crippen molar-refractivity contribution in [3.05, 3.63) is 0 Å². The molecule has 0 aromatic heterocycles. The molecular weight excluding hydrogens is 266 g/mol. The lowest BCUT2D eigenvalue weighted by atomic mass is 10.1. The topological polar surface area (TPSA) is 35.6 Å². The molecule has 1 N–H and O–H groups in total. The molecule has 8 heteroatoms. The van der Waals surface area contributed by atoms with Crippen molar-refractivity contribution in [2.24, 2.45) is 0 Å². The molecule has 2 saturated heterocycles. The number of amides is 1. The number of alkyl halides is 4. The Kier molecular flexibility index (Phi) is 4.29. The molecule has 1 atom stereocenters. The second-order valence-corrected chi connectivity index (χ2v) is 4.90. The summed E-state index contributed by atoms with van der Waals surface area (Å²) in [7, 11) is 0. The van der Waals surface area contributed by atoms with Gasteiger partial charge in [-0.1, -0.05) is 0 Å². The van der Waals surface area contributed by atoms with Crippen LogP contribution in [0.25, 0.3) is 0 Å². The van der Waals surface area contributed by atoms with E-state index in [4.69, 9.17) is 0 Å². The van der Waals surface area contributed by atoms with Gasteiger partial charge in [0.1, 0.15) is 0 Å². The van der Waals surface area contributed by atoms with Crippen molar-refractivity contribution in [1.82, 2.24) is 15.1 Å². The van der Waals surface area contributed by atoms with E-state index in [0.29, 0.717) is 19.1 Å². The number of halogens is 4. The molecule has 0 spiro atoms. The molecule has 2 heterocycles. The van der Waals surface area contributed by atoms with E-state index < -0.39 is 18.3 Å². The van der Waals surface area contributed by atoms with Gasteiger partial charge in [-0.15, -0.1) is 0 Å². The first-order chi connectivity index (χ1) is 8.93. The highest BCUT2D eigenvalue weighted by Gasteiger charge is 2.51. The van der Waals surface area contributed by atoms with Gasteiger partial charge in [-0.05, 0) is 13.0 Å². The van der Waals surface area contributed by atoms with Gasteiger partial charge < -0.3 is 10.2 Å². The number of hydrogen-bond donors (Lipinski definition) is 1. The molecule has 2 aliphatic heterocycles. The van der Waals surface area contributed by atoms with Crippen molar-refractivity contribution in [2.45, 2.75) is 24.8 Å². The maximum absolute atomic E-state index is 13.0. The molecule has 2 rings (SSSR count). The van der Waals surface area contributed by atoms with Gasteiger partial charge in [0, 0.05) is 38.8 Å². The Labute approximate surface area is 108 Å². The summed E-state index contributed by atoms with van der Waals surface area (Å²) in [5.41, 5.74) is 0. The summed E-state index contributed by atoms with van der Waals surface area (Å²) in [6, 6.07) is 0.355. The smallest absolute Gasteiger partial charge is 0.335 e. The first-order valence-corrected chi connectivity index (χ1v) is 6.33. The van der Waals surface area contributed by atoms with Crippen LogP contribution >= 0.6 is 0 Å². The Morgan fingerprint density at radius 1 is 1.21 bits per heavy atom. The maximum Gasteiger partial charge on any atom is 0.383 e. The summed E-state index contributed by atoms with van der Waals surface area (Å²) < 4.78 is 50.2. The molecule has 0 aromatic rings. The van der Waals surface area contributed by atoms with Crippen molar-refractivity contribution in [3.63, 3.8) is 0 Å². The first kappa shape index (κ1) is 14.5. The lowest BCUT2D eigenvalue weighted by Gasteiger charge is -2.38. The molecule has 19 heavy (non-hydrogen) atoms. The van der Waals surface area contributed by atoms with Gasteiger partial charge in [-0.3, -0.25) is 9.69 Å². The van der Waals surface area contributed by atoms with Gasteiger partial charge in [0.25, 0.3) is 5.91 Å². The van der Waals surface area contributed by atoms with E-state index in [9.17, 15) is 22.4 Å². The summed E-state index contributed by atoms with van der Waals surface area (Å²) in [6.45, 7) is 2.85. The molecule has 0 aliphatic carbocycles. The van der Waals surface area contributed by atoms with Crippen molar-refractivity contribution in [2.75, 3.05) is 39.3 Å². The monoisotopic (exact) mass is 283 g/mol. The van der Waals surface area contributed by atoms with Crippen molar-refractivity contribution in [1.29, 1.82) is 0 Å². The minimum Gasteiger partial charge on any atom is -0.335 e. The van der Waals surface area contributed by atoms with Gasteiger partial charge >= 0.3 is 12.3 Å². The molecule has 0 bridgehead atoms. The van der Waals surface area contributed by atoms with Crippen molar-refractivity contribution < 1.29 is 22.4 Å². The number of rotatable bonds is 3. The Morgan fingerprint density at radius 3 is 2.32 bits per heavy atom. The minimum absolute atomic E-state index is 0.0810. The largest absolute Gasteiger partial charge is 0.383 e. The number of carbonyl (C=O) groups excluding carboxylic acids is 1. The summed E-state index contributed by atoms with van der Waals surface area (Å²) in [6.07, 6.45) is -2.96. The van der Waals surface area contributed by atoms with Crippen LogP contribution in [0.4, 0.5) is 17.6 Å². The molecule has 1 amide bonds. The van der Waals surface area contributed by atoms with E-state index in [0.717, 1.165) is 24.4 Å². The van der Waals surface area contributed by atoms with Gasteiger partial charge in [-0.25, -0.2) is 8.78 Å². The second-order valence-electron chi connectivity index (χ2n) is 4.90. The Morgan fingerprint density at radius 2 is 1.84 bits per heavy atom. The predicted octanol–water partition coefficient (Wildman–Crippen LogP) is 0.393. The van der Waals surface area contributed by atoms with Gasteiger partial charge in [0.2, 0.25) is 0 Å². The third-order valence-electron chi connectivity index (χ3n) is 3.71. The maximum atomic E-state index is 13.0. The Hall–Kier alpha value is -0.890. The standard InChI is InChI=1S/C11H17F4N3O/c12-9(13)11(14,15)10(19)18-5-3-17(4-6-18)8-1-2-16-7-8/h8-9,16H,1-7H2. The quantitative estimate of drug-likeness (QED) is 0.761. The zero-order valence-corrected chi connectivity index (χ0v) is 10.4. The van der Waals surface area contributed by atoms with Crippen LogP contribution in [0.2, 0.25) is 0 Å². The van der Waals surface area contributed by atoms with Crippen molar-refractivity contribution >= 4 is 5.91 Å². The van der Waals surface area contributed by atoms with Crippen LogP contribution in [0, 0.1) is 0 Å². The Bertz CT molecular complexity index is 326. The van der Waals surface area contributed by atoms with Gasteiger partial charge in [0.15, 0.2) is 0 Å². The molecule has 0 radical (unpaired) electrons. The number of nitrogens with zero attached hydrogens (tertiary/aromatic N) is 2. The number of piperazine rings is 1. The molecule has 2 aliphatic rings. The molecule has 2 fully saturated rings. The molecular formula is C11H17F4N3O. The summed E-state index contributed by atoms with van der Waals surface area (Å²) >= 11 is 0. The van der Waals surface area contributed by atoms with E-state index in [-0.39, 0.29) is 13.1 Å². The summed E-state index contributed by atoms with van der Waals surface area (Å²) in [5.74, 6) is -6.33. The lowest BCUT2D eigenvalue weighted by molar-refractivity contribution is -0.182. The fourth-order valence-electron chi connectivity index (χ4n) is 2.55. The van der Waals surface area contributed by atoms with E-state index >= 15 is 0 Å². The van der Waals surface area contributed by atoms with Gasteiger partial charge in [0.05, 0.1) is 0 Å².